The first-order chi connectivity index (χ1) is 6.48. The summed E-state index contributed by atoms with van der Waals surface area (Å²) in [6.07, 6.45) is 0. The van der Waals surface area contributed by atoms with E-state index in [1.54, 1.807) is 0 Å². The number of alkyl halides is 3. The molecule has 2 rings (SSSR count). The van der Waals surface area contributed by atoms with Gasteiger partial charge in [0.1, 0.15) is 5.82 Å². The summed E-state index contributed by atoms with van der Waals surface area (Å²) >= 11 is 2.08. The molecule has 0 atom stereocenters. The molecule has 0 spiro atoms. The maximum atomic E-state index is 13.1. The van der Waals surface area contributed by atoms with Gasteiger partial charge in [-0.2, -0.15) is 8.78 Å². The zero-order valence-corrected chi connectivity index (χ0v) is 8.28. The summed E-state index contributed by atoms with van der Waals surface area (Å²) in [5, 5.41) is 0. The van der Waals surface area contributed by atoms with Gasteiger partial charge in [-0.05, 0) is 22.0 Å². The van der Waals surface area contributed by atoms with Crippen LogP contribution < -0.4 is 9.47 Å². The third-order valence-electron chi connectivity index (χ3n) is 1.77. The molecule has 0 aromatic heterocycles. The zero-order chi connectivity index (χ0) is 10.3. The van der Waals surface area contributed by atoms with E-state index in [4.69, 9.17) is 9.47 Å². The molecule has 2 nitrogen and oxygen atoms in total. The Hall–Kier alpha value is -0.910. The molecule has 0 saturated heterocycles. The van der Waals surface area contributed by atoms with Gasteiger partial charge in [-0.25, -0.2) is 4.39 Å². The quantitative estimate of drug-likeness (QED) is 0.729. The minimum absolute atomic E-state index is 0.0773. The van der Waals surface area contributed by atoms with Gasteiger partial charge in [-0.3, -0.25) is 0 Å². The zero-order valence-electron chi connectivity index (χ0n) is 6.69. The molecule has 6 heteroatoms. The van der Waals surface area contributed by atoms with Crippen LogP contribution >= 0.6 is 15.9 Å². The highest BCUT2D eigenvalue weighted by atomic mass is 79.9. The van der Waals surface area contributed by atoms with Gasteiger partial charge in [0.2, 0.25) is 6.79 Å². The molecule has 0 fully saturated rings. The van der Waals surface area contributed by atoms with Crippen molar-refractivity contribution in [3.63, 3.8) is 0 Å². The van der Waals surface area contributed by atoms with Crippen molar-refractivity contribution in [2.75, 3.05) is 6.79 Å². The van der Waals surface area contributed by atoms with Crippen LogP contribution in [0.4, 0.5) is 13.2 Å². The molecule has 14 heavy (non-hydrogen) atoms. The van der Waals surface area contributed by atoms with Gasteiger partial charge >= 0.3 is 4.83 Å². The van der Waals surface area contributed by atoms with Gasteiger partial charge in [-0.15, -0.1) is 0 Å². The molecule has 1 aliphatic heterocycles. The Labute approximate surface area is 85.7 Å². The smallest absolute Gasteiger partial charge is 0.329 e. The minimum atomic E-state index is -3.40. The predicted octanol–water partition coefficient (Wildman–Crippen LogP) is 3.00. The number of hydrogen-bond acceptors (Lipinski definition) is 2. The van der Waals surface area contributed by atoms with Crippen LogP contribution in [0.3, 0.4) is 0 Å². The Morgan fingerprint density at radius 3 is 2.36 bits per heavy atom. The molecule has 0 bridgehead atoms. The normalized spacial score (nSPS) is 14.6. The fourth-order valence-electron chi connectivity index (χ4n) is 1.13. The van der Waals surface area contributed by atoms with E-state index in [0.717, 1.165) is 12.1 Å². The van der Waals surface area contributed by atoms with E-state index >= 15 is 0 Å². The van der Waals surface area contributed by atoms with Gasteiger partial charge in [0.25, 0.3) is 0 Å². The monoisotopic (exact) mass is 268 g/mol. The van der Waals surface area contributed by atoms with Crippen molar-refractivity contribution >= 4 is 15.9 Å². The fourth-order valence-corrected chi connectivity index (χ4v) is 1.44. The first kappa shape index (κ1) is 9.64. The van der Waals surface area contributed by atoms with Crippen LogP contribution in [0.15, 0.2) is 12.1 Å². The summed E-state index contributed by atoms with van der Waals surface area (Å²) in [7, 11) is 0. The van der Waals surface area contributed by atoms with E-state index in [1.165, 1.54) is 0 Å². The molecule has 0 saturated carbocycles. The van der Waals surface area contributed by atoms with Crippen LogP contribution in [-0.2, 0) is 4.83 Å². The van der Waals surface area contributed by atoms with Crippen LogP contribution in [0.2, 0.25) is 0 Å². The van der Waals surface area contributed by atoms with Crippen molar-refractivity contribution < 1.29 is 22.6 Å². The highest BCUT2D eigenvalue weighted by Gasteiger charge is 2.33. The number of ether oxygens (including phenoxy) is 2. The topological polar surface area (TPSA) is 18.5 Å². The second-order valence-electron chi connectivity index (χ2n) is 2.68. The highest BCUT2D eigenvalue weighted by molar-refractivity contribution is 9.09. The highest BCUT2D eigenvalue weighted by Crippen LogP contribution is 2.42. The molecule has 1 heterocycles. The van der Waals surface area contributed by atoms with Gasteiger partial charge in [0.05, 0.1) is 5.56 Å². The van der Waals surface area contributed by atoms with Crippen LogP contribution in [0.1, 0.15) is 5.56 Å². The third kappa shape index (κ3) is 1.54. The van der Waals surface area contributed by atoms with Crippen LogP contribution in [0.5, 0.6) is 11.5 Å². The van der Waals surface area contributed by atoms with E-state index in [9.17, 15) is 13.2 Å². The van der Waals surface area contributed by atoms with E-state index in [0.29, 0.717) is 0 Å². The van der Waals surface area contributed by atoms with Crippen molar-refractivity contribution in [1.29, 1.82) is 0 Å². The Morgan fingerprint density at radius 2 is 1.79 bits per heavy atom. The summed E-state index contributed by atoms with van der Waals surface area (Å²) in [4.78, 5) is -3.40. The molecule has 0 amide bonds. The molecule has 76 valence electrons. The van der Waals surface area contributed by atoms with E-state index in [1.807, 2.05) is 0 Å². The number of hydrogen-bond donors (Lipinski definition) is 0. The lowest BCUT2D eigenvalue weighted by molar-refractivity contribution is 0.109. The Bertz CT molecular complexity index is 376. The maximum Gasteiger partial charge on any atom is 0.329 e. The molecular formula is C8H4BrF3O2. The number of fused-ring (bicyclic) bond motifs is 1. The van der Waals surface area contributed by atoms with Crippen molar-refractivity contribution in [3.05, 3.63) is 23.5 Å². The summed E-state index contributed by atoms with van der Waals surface area (Å²) in [5.74, 6) is -0.764. The van der Waals surface area contributed by atoms with Gasteiger partial charge in [0.15, 0.2) is 11.5 Å². The number of benzene rings is 1. The average molecular weight is 269 g/mol. The molecule has 0 unspecified atom stereocenters. The number of halogens is 4. The molecule has 1 aromatic rings. The second-order valence-corrected chi connectivity index (χ2v) is 3.68. The lowest BCUT2D eigenvalue weighted by Crippen LogP contribution is -2.05. The fraction of sp³-hybridized carbons (Fsp3) is 0.250. The molecule has 1 aromatic carbocycles. The first-order valence-corrected chi connectivity index (χ1v) is 4.44. The number of rotatable bonds is 1. The van der Waals surface area contributed by atoms with Crippen LogP contribution in [0, 0.1) is 5.82 Å². The molecule has 0 radical (unpaired) electrons. The van der Waals surface area contributed by atoms with E-state index < -0.39 is 16.2 Å². The van der Waals surface area contributed by atoms with Gasteiger partial charge in [0, 0.05) is 6.07 Å². The van der Waals surface area contributed by atoms with Crippen molar-refractivity contribution in [2.45, 2.75) is 4.83 Å². The summed E-state index contributed by atoms with van der Waals surface area (Å²) in [6, 6.07) is 1.80. The lowest BCUT2D eigenvalue weighted by Gasteiger charge is -2.10. The van der Waals surface area contributed by atoms with E-state index in [2.05, 4.69) is 15.9 Å². The average Bonchev–Trinajstić information content (AvgIpc) is 2.47. The first-order valence-electron chi connectivity index (χ1n) is 3.65. The van der Waals surface area contributed by atoms with Crippen molar-refractivity contribution in [2.24, 2.45) is 0 Å². The largest absolute Gasteiger partial charge is 0.454 e. The molecule has 0 aliphatic carbocycles. The Balaban J connectivity index is 2.53. The predicted molar refractivity (Wildman–Crippen MR) is 45.3 cm³/mol. The van der Waals surface area contributed by atoms with E-state index in [-0.39, 0.29) is 18.3 Å². The SMILES string of the molecule is Fc1cc2c(cc1C(F)(F)Br)OCO2. The molecular weight excluding hydrogens is 265 g/mol. The molecule has 1 aliphatic rings. The van der Waals surface area contributed by atoms with Crippen LogP contribution in [0.25, 0.3) is 0 Å². The summed E-state index contributed by atoms with van der Waals surface area (Å²) < 4.78 is 48.3. The maximum absolute atomic E-state index is 13.1. The Morgan fingerprint density at radius 1 is 1.21 bits per heavy atom. The lowest BCUT2D eigenvalue weighted by atomic mass is 10.2. The second kappa shape index (κ2) is 3.05. The van der Waals surface area contributed by atoms with Gasteiger partial charge < -0.3 is 9.47 Å². The summed E-state index contributed by atoms with van der Waals surface area (Å²) in [5.41, 5.74) is -0.762. The Kier molecular flexibility index (Phi) is 2.10. The van der Waals surface area contributed by atoms with Crippen molar-refractivity contribution in [3.8, 4) is 11.5 Å². The van der Waals surface area contributed by atoms with Gasteiger partial charge in [-0.1, -0.05) is 0 Å². The third-order valence-corrected chi connectivity index (χ3v) is 2.19. The summed E-state index contributed by atoms with van der Waals surface area (Å²) in [6.45, 7) is -0.0773. The minimum Gasteiger partial charge on any atom is -0.454 e. The molecule has 0 N–H and O–H groups in total. The van der Waals surface area contributed by atoms with Crippen molar-refractivity contribution in [1.82, 2.24) is 0 Å². The standard InChI is InChI=1S/C8H4BrF3O2/c9-8(11,12)4-1-6-7(2-5(4)10)14-3-13-6/h1-2H,3H2. The van der Waals surface area contributed by atoms with Crippen LogP contribution in [-0.4, -0.2) is 6.79 Å².